The Morgan fingerprint density at radius 1 is 0.975 bits per heavy atom. The van der Waals surface area contributed by atoms with E-state index in [9.17, 15) is 14.4 Å². The van der Waals surface area contributed by atoms with Crippen LogP contribution in [0.3, 0.4) is 0 Å². The molecule has 0 radical (unpaired) electrons. The molecule has 1 aliphatic heterocycles. The van der Waals surface area contributed by atoms with Crippen LogP contribution in [0.15, 0.2) is 0 Å². The van der Waals surface area contributed by atoms with E-state index in [-0.39, 0.29) is 42.9 Å². The van der Waals surface area contributed by atoms with Crippen LogP contribution >= 0.6 is 0 Å². The van der Waals surface area contributed by atoms with Gasteiger partial charge < -0.3 is 34.3 Å². The molecule has 0 saturated heterocycles. The lowest BCUT2D eigenvalue weighted by Crippen LogP contribution is -2.46. The number of rotatable bonds is 8. The van der Waals surface area contributed by atoms with Gasteiger partial charge in [-0.3, -0.25) is 4.79 Å². The number of methoxy groups -OCH3 is 1. The molecule has 2 heterocycles. The summed E-state index contributed by atoms with van der Waals surface area (Å²) in [4.78, 5) is 49.1. The van der Waals surface area contributed by atoms with Crippen molar-refractivity contribution >= 4 is 35.4 Å². The molecule has 13 nitrogen and oxygen atoms in total. The Hall–Kier alpha value is -3.19. The number of fused-ring (bicyclic) bond motifs is 1. The highest BCUT2D eigenvalue weighted by Gasteiger charge is 2.38. The summed E-state index contributed by atoms with van der Waals surface area (Å²) in [5.41, 5.74) is -1.45. The van der Waals surface area contributed by atoms with Crippen molar-refractivity contribution in [1.29, 1.82) is 0 Å². The highest BCUT2D eigenvalue weighted by Crippen LogP contribution is 2.37. The summed E-state index contributed by atoms with van der Waals surface area (Å²) in [6.07, 6.45) is 1.95. The van der Waals surface area contributed by atoms with Gasteiger partial charge in [0.1, 0.15) is 41.9 Å². The van der Waals surface area contributed by atoms with Gasteiger partial charge in [0.15, 0.2) is 11.6 Å². The standard InChI is InChI=1S/C27H43N5O8/c1-16(37-15-36-8)20(33)18-14-28-21-19(29-18)22(38-17-12-10-9-11-13-17)31-23(30-21)32(24(34)39-26(2,3)4)25(35)40-27(5,6)7/h16-18,29H,9-15H2,1-8H3,(H,28,30,31)/t16-,18+/m0/s1. The maximum absolute atomic E-state index is 13.2. The molecule has 2 atom stereocenters. The van der Waals surface area contributed by atoms with Crippen LogP contribution in [0.5, 0.6) is 5.88 Å². The van der Waals surface area contributed by atoms with Crippen molar-refractivity contribution in [3.05, 3.63) is 0 Å². The molecule has 0 bridgehead atoms. The normalized spacial score (nSPS) is 18.4. The van der Waals surface area contributed by atoms with E-state index in [1.54, 1.807) is 48.5 Å². The summed E-state index contributed by atoms with van der Waals surface area (Å²) in [5, 5.41) is 6.30. The summed E-state index contributed by atoms with van der Waals surface area (Å²) in [6.45, 7) is 11.9. The maximum Gasteiger partial charge on any atom is 0.427 e. The third kappa shape index (κ3) is 8.65. The molecular weight excluding hydrogens is 522 g/mol. The quantitative estimate of drug-likeness (QED) is 0.422. The molecule has 3 rings (SSSR count). The van der Waals surface area contributed by atoms with Crippen molar-refractivity contribution in [3.8, 4) is 5.88 Å². The molecule has 1 aromatic heterocycles. The van der Waals surface area contributed by atoms with E-state index >= 15 is 0 Å². The minimum Gasteiger partial charge on any atom is -0.473 e. The lowest BCUT2D eigenvalue weighted by atomic mass is 9.98. The molecule has 224 valence electrons. The number of hydrogen-bond donors (Lipinski definition) is 2. The van der Waals surface area contributed by atoms with E-state index in [4.69, 9.17) is 23.7 Å². The van der Waals surface area contributed by atoms with Crippen LogP contribution in [0.1, 0.15) is 80.6 Å². The van der Waals surface area contributed by atoms with Crippen molar-refractivity contribution in [2.45, 2.75) is 110 Å². The Balaban J connectivity index is 2.02. The first kappa shape index (κ1) is 31.3. The second-order valence-electron chi connectivity index (χ2n) is 11.9. The van der Waals surface area contributed by atoms with Crippen molar-refractivity contribution in [3.63, 3.8) is 0 Å². The van der Waals surface area contributed by atoms with E-state index in [2.05, 4.69) is 20.6 Å². The number of amides is 2. The average molecular weight is 566 g/mol. The Labute approximate surface area is 235 Å². The number of ketones is 1. The fourth-order valence-electron chi connectivity index (χ4n) is 4.20. The predicted molar refractivity (Wildman–Crippen MR) is 148 cm³/mol. The Kier molecular flexibility index (Phi) is 10.2. The number of ether oxygens (including phenoxy) is 5. The van der Waals surface area contributed by atoms with Crippen LogP contribution in [0.25, 0.3) is 0 Å². The van der Waals surface area contributed by atoms with Gasteiger partial charge in [0.05, 0.1) is 0 Å². The highest BCUT2D eigenvalue weighted by molar-refractivity contribution is 6.08. The molecule has 1 aliphatic carbocycles. The van der Waals surface area contributed by atoms with Crippen molar-refractivity contribution in [2.75, 3.05) is 36.0 Å². The van der Waals surface area contributed by atoms with Gasteiger partial charge >= 0.3 is 12.2 Å². The van der Waals surface area contributed by atoms with Crippen LogP contribution in [-0.2, 0) is 23.7 Å². The van der Waals surface area contributed by atoms with Gasteiger partial charge in [0.25, 0.3) is 0 Å². The van der Waals surface area contributed by atoms with E-state index in [1.165, 1.54) is 7.11 Å². The summed E-state index contributed by atoms with van der Waals surface area (Å²) in [7, 11) is 1.48. The molecule has 2 aliphatic rings. The van der Waals surface area contributed by atoms with E-state index < -0.39 is 35.5 Å². The van der Waals surface area contributed by atoms with Crippen LogP contribution in [0, 0.1) is 0 Å². The van der Waals surface area contributed by atoms with E-state index in [0.29, 0.717) is 10.6 Å². The number of Topliss-reactive ketones (excluding diaryl/α,β-unsaturated/α-hetero) is 1. The highest BCUT2D eigenvalue weighted by atomic mass is 16.7. The van der Waals surface area contributed by atoms with Gasteiger partial charge in [-0.25, -0.2) is 9.59 Å². The summed E-state index contributed by atoms with van der Waals surface area (Å²) in [6, 6.07) is -0.671. The summed E-state index contributed by atoms with van der Waals surface area (Å²) < 4.78 is 27.6. The fourth-order valence-corrected chi connectivity index (χ4v) is 4.20. The maximum atomic E-state index is 13.2. The lowest BCUT2D eigenvalue weighted by Gasteiger charge is -2.32. The molecular formula is C27H43N5O8. The molecule has 0 spiro atoms. The zero-order valence-electron chi connectivity index (χ0n) is 24.8. The van der Waals surface area contributed by atoms with Gasteiger partial charge in [-0.2, -0.15) is 9.97 Å². The van der Waals surface area contributed by atoms with E-state index in [0.717, 1.165) is 32.1 Å². The first-order valence-electron chi connectivity index (χ1n) is 13.7. The first-order chi connectivity index (χ1) is 18.7. The van der Waals surface area contributed by atoms with Crippen LogP contribution in [0.2, 0.25) is 0 Å². The zero-order valence-corrected chi connectivity index (χ0v) is 24.8. The number of carbonyl (C=O) groups excluding carboxylic acids is 3. The lowest BCUT2D eigenvalue weighted by molar-refractivity contribution is -0.138. The second-order valence-corrected chi connectivity index (χ2v) is 11.9. The summed E-state index contributed by atoms with van der Waals surface area (Å²) in [5.74, 6) is -0.0992. The molecule has 40 heavy (non-hydrogen) atoms. The second kappa shape index (κ2) is 13.0. The zero-order chi connectivity index (χ0) is 29.7. The molecule has 1 saturated carbocycles. The number of carbonyl (C=O) groups is 3. The van der Waals surface area contributed by atoms with Crippen molar-refractivity contribution < 1.29 is 38.1 Å². The van der Waals surface area contributed by atoms with Crippen LogP contribution in [0.4, 0.5) is 27.0 Å². The SMILES string of the molecule is COCO[C@@H](C)C(=O)[C@H]1CNc2nc(N(C(=O)OC(C)(C)C)C(=O)OC(C)(C)C)nc(OC3CCCCC3)c2N1. The van der Waals surface area contributed by atoms with Crippen LogP contribution < -0.4 is 20.3 Å². The monoisotopic (exact) mass is 565 g/mol. The Bertz CT molecular complexity index is 1030. The smallest absolute Gasteiger partial charge is 0.427 e. The molecule has 1 fully saturated rings. The van der Waals surface area contributed by atoms with Gasteiger partial charge in [-0.1, -0.05) is 6.42 Å². The van der Waals surface area contributed by atoms with Gasteiger partial charge in [0, 0.05) is 13.7 Å². The predicted octanol–water partition coefficient (Wildman–Crippen LogP) is 4.65. The fraction of sp³-hybridized carbons (Fsp3) is 0.741. The van der Waals surface area contributed by atoms with Gasteiger partial charge in [0.2, 0.25) is 11.8 Å². The van der Waals surface area contributed by atoms with Crippen molar-refractivity contribution in [2.24, 2.45) is 0 Å². The Morgan fingerprint density at radius 3 is 2.12 bits per heavy atom. The molecule has 0 aromatic carbocycles. The minimum atomic E-state index is -0.994. The summed E-state index contributed by atoms with van der Waals surface area (Å²) >= 11 is 0. The molecule has 2 amide bonds. The first-order valence-corrected chi connectivity index (χ1v) is 13.7. The molecule has 2 N–H and O–H groups in total. The number of nitrogens with one attached hydrogen (secondary N) is 2. The largest absolute Gasteiger partial charge is 0.473 e. The number of anilines is 3. The number of imide groups is 1. The molecule has 0 unspecified atom stereocenters. The molecule has 1 aromatic rings. The Morgan fingerprint density at radius 2 is 1.57 bits per heavy atom. The van der Waals surface area contributed by atoms with Crippen molar-refractivity contribution in [1.82, 2.24) is 9.97 Å². The number of hydrogen-bond acceptors (Lipinski definition) is 12. The number of aromatic nitrogens is 2. The van der Waals surface area contributed by atoms with E-state index in [1.807, 2.05) is 0 Å². The van der Waals surface area contributed by atoms with Crippen LogP contribution in [-0.4, -0.2) is 77.8 Å². The number of nitrogens with zero attached hydrogens (tertiary/aromatic N) is 3. The topological polar surface area (TPSA) is 150 Å². The van der Waals surface area contributed by atoms with Gasteiger partial charge in [-0.05, 0) is 74.1 Å². The molecule has 13 heteroatoms. The average Bonchev–Trinajstić information content (AvgIpc) is 2.85. The van der Waals surface area contributed by atoms with Gasteiger partial charge in [-0.15, -0.1) is 4.90 Å². The third-order valence-corrected chi connectivity index (χ3v) is 6.02. The minimum absolute atomic E-state index is 0.0165. The third-order valence-electron chi connectivity index (χ3n) is 6.02.